The number of allylic oxidation sites excluding steroid dienone is 11. The highest BCUT2D eigenvalue weighted by molar-refractivity contribution is 5.71. The van der Waals surface area contributed by atoms with Crippen molar-refractivity contribution in [2.24, 2.45) is 5.92 Å². The molecule has 0 aromatic heterocycles. The van der Waals surface area contributed by atoms with E-state index in [1.165, 1.54) is 39.4 Å². The van der Waals surface area contributed by atoms with E-state index < -0.39 is 0 Å². The number of hydrogen-bond donors (Lipinski definition) is 0. The average molecular weight is 406 g/mol. The van der Waals surface area contributed by atoms with Gasteiger partial charge in [-0.15, -0.1) is 0 Å². The summed E-state index contributed by atoms with van der Waals surface area (Å²) in [4.78, 5) is 2.43. The molecular weight excluding hydrogens is 374 g/mol. The molecule has 0 fully saturated rings. The van der Waals surface area contributed by atoms with Crippen LogP contribution in [-0.2, 0) is 0 Å². The molecule has 1 unspecified atom stereocenters. The Hall–Kier alpha value is -3.32. The lowest BCUT2D eigenvalue weighted by Gasteiger charge is -2.32. The van der Waals surface area contributed by atoms with Crippen molar-refractivity contribution in [3.63, 3.8) is 0 Å². The Morgan fingerprint density at radius 3 is 2.26 bits per heavy atom. The van der Waals surface area contributed by atoms with Crippen LogP contribution in [0.15, 0.2) is 120 Å². The van der Waals surface area contributed by atoms with Crippen LogP contribution in [0.5, 0.6) is 0 Å². The molecule has 2 aliphatic carbocycles. The molecular formula is C30H31N. The standard InChI is InChI=1S/C30H31N/c1-23-9-7-8-10-25(3)30(22-15-23)31(28-11-5-4-6-12-28)29-20-18-27(19-21-29)26-16-13-24(2)14-17-26/h4-18,20,22-23H,19,21H2,1-3H3/b9-7+,10-8?,22-15-,30-25?. The summed E-state index contributed by atoms with van der Waals surface area (Å²) < 4.78 is 0. The van der Waals surface area contributed by atoms with Crippen LogP contribution in [0.3, 0.4) is 0 Å². The SMILES string of the molecule is CC1=C(N(C2=CC=C(c3ccc(C)cc3)CC2)c2ccccc2)/C=C\C(C)/C=C/C=C1. The Morgan fingerprint density at radius 2 is 1.55 bits per heavy atom. The van der Waals surface area contributed by atoms with E-state index in [0.717, 1.165) is 12.8 Å². The maximum Gasteiger partial charge on any atom is 0.0484 e. The molecule has 1 heteroatoms. The molecule has 0 aliphatic heterocycles. The minimum Gasteiger partial charge on any atom is -0.314 e. The second-order valence-corrected chi connectivity index (χ2v) is 8.42. The first-order valence-corrected chi connectivity index (χ1v) is 11.2. The molecule has 156 valence electrons. The third-order valence-electron chi connectivity index (χ3n) is 5.93. The van der Waals surface area contributed by atoms with E-state index in [2.05, 4.69) is 129 Å². The van der Waals surface area contributed by atoms with Gasteiger partial charge in [-0.3, -0.25) is 0 Å². The van der Waals surface area contributed by atoms with E-state index in [-0.39, 0.29) is 0 Å². The second kappa shape index (κ2) is 9.66. The van der Waals surface area contributed by atoms with Gasteiger partial charge in [-0.1, -0.05) is 91.4 Å². The van der Waals surface area contributed by atoms with Crippen LogP contribution < -0.4 is 4.90 Å². The predicted molar refractivity (Wildman–Crippen MR) is 135 cm³/mol. The van der Waals surface area contributed by atoms with Crippen molar-refractivity contribution in [1.29, 1.82) is 0 Å². The first kappa shape index (κ1) is 20.9. The van der Waals surface area contributed by atoms with Gasteiger partial charge in [0.25, 0.3) is 0 Å². The second-order valence-electron chi connectivity index (χ2n) is 8.42. The molecule has 0 heterocycles. The van der Waals surface area contributed by atoms with E-state index in [9.17, 15) is 0 Å². The number of para-hydroxylation sites is 1. The van der Waals surface area contributed by atoms with Gasteiger partial charge in [0.2, 0.25) is 0 Å². The Labute approximate surface area is 187 Å². The number of nitrogens with zero attached hydrogens (tertiary/aromatic N) is 1. The summed E-state index contributed by atoms with van der Waals surface area (Å²) in [5.74, 6) is 0.400. The van der Waals surface area contributed by atoms with Gasteiger partial charge in [0.05, 0.1) is 0 Å². The number of aryl methyl sites for hydroxylation is 1. The predicted octanol–water partition coefficient (Wildman–Crippen LogP) is 8.16. The van der Waals surface area contributed by atoms with Crippen LogP contribution in [0.1, 0.15) is 37.8 Å². The summed E-state index contributed by atoms with van der Waals surface area (Å²) in [6, 6.07) is 19.6. The van der Waals surface area contributed by atoms with Crippen molar-refractivity contribution < 1.29 is 0 Å². The lowest BCUT2D eigenvalue weighted by atomic mass is 9.94. The maximum atomic E-state index is 2.43. The smallest absolute Gasteiger partial charge is 0.0484 e. The number of anilines is 1. The zero-order valence-electron chi connectivity index (χ0n) is 18.8. The highest BCUT2D eigenvalue weighted by atomic mass is 15.2. The molecule has 2 aromatic rings. The molecule has 2 aliphatic rings. The van der Waals surface area contributed by atoms with Gasteiger partial charge in [0, 0.05) is 17.1 Å². The fraction of sp³-hybridized carbons (Fsp3) is 0.200. The summed E-state index contributed by atoms with van der Waals surface area (Å²) in [6.07, 6.45) is 20.0. The summed E-state index contributed by atoms with van der Waals surface area (Å²) in [5, 5.41) is 0. The Morgan fingerprint density at radius 1 is 0.774 bits per heavy atom. The molecule has 31 heavy (non-hydrogen) atoms. The van der Waals surface area contributed by atoms with Crippen LogP contribution in [0, 0.1) is 12.8 Å². The minimum absolute atomic E-state index is 0.400. The molecule has 4 rings (SSSR count). The minimum atomic E-state index is 0.400. The van der Waals surface area contributed by atoms with Gasteiger partial charge in [-0.05, 0) is 73.6 Å². The van der Waals surface area contributed by atoms with E-state index in [4.69, 9.17) is 0 Å². The van der Waals surface area contributed by atoms with E-state index in [1.54, 1.807) is 0 Å². The van der Waals surface area contributed by atoms with Crippen molar-refractivity contribution in [1.82, 2.24) is 0 Å². The molecule has 1 atom stereocenters. The molecule has 0 saturated heterocycles. The highest BCUT2D eigenvalue weighted by Gasteiger charge is 2.19. The lowest BCUT2D eigenvalue weighted by Crippen LogP contribution is -2.23. The fourth-order valence-corrected chi connectivity index (χ4v) is 4.07. The van der Waals surface area contributed by atoms with E-state index in [0.29, 0.717) is 5.92 Å². The summed E-state index contributed by atoms with van der Waals surface area (Å²) >= 11 is 0. The third-order valence-corrected chi connectivity index (χ3v) is 5.93. The van der Waals surface area contributed by atoms with Crippen molar-refractivity contribution in [2.75, 3.05) is 4.90 Å². The fourth-order valence-electron chi connectivity index (χ4n) is 4.07. The Balaban J connectivity index is 1.76. The topological polar surface area (TPSA) is 3.24 Å². The zero-order valence-corrected chi connectivity index (χ0v) is 18.8. The molecule has 0 bridgehead atoms. The summed E-state index contributed by atoms with van der Waals surface area (Å²) in [6.45, 7) is 6.57. The first-order chi connectivity index (χ1) is 15.1. The van der Waals surface area contributed by atoms with Crippen LogP contribution in [0.2, 0.25) is 0 Å². The highest BCUT2D eigenvalue weighted by Crippen LogP contribution is 2.35. The van der Waals surface area contributed by atoms with Gasteiger partial charge >= 0.3 is 0 Å². The number of rotatable bonds is 4. The third kappa shape index (κ3) is 5.06. The van der Waals surface area contributed by atoms with Crippen LogP contribution >= 0.6 is 0 Å². The van der Waals surface area contributed by atoms with Crippen LogP contribution in [0.4, 0.5) is 5.69 Å². The zero-order chi connectivity index (χ0) is 21.6. The van der Waals surface area contributed by atoms with Crippen molar-refractivity contribution in [3.05, 3.63) is 131 Å². The van der Waals surface area contributed by atoms with Crippen molar-refractivity contribution >= 4 is 11.3 Å². The van der Waals surface area contributed by atoms with Gasteiger partial charge < -0.3 is 4.90 Å². The molecule has 0 radical (unpaired) electrons. The molecule has 0 N–H and O–H groups in total. The van der Waals surface area contributed by atoms with Crippen LogP contribution in [-0.4, -0.2) is 0 Å². The van der Waals surface area contributed by atoms with Crippen LogP contribution in [0.25, 0.3) is 5.57 Å². The Kier molecular flexibility index (Phi) is 6.52. The first-order valence-electron chi connectivity index (χ1n) is 11.2. The molecule has 1 nitrogen and oxygen atoms in total. The van der Waals surface area contributed by atoms with Gasteiger partial charge in [-0.2, -0.15) is 0 Å². The van der Waals surface area contributed by atoms with Gasteiger partial charge in [0.1, 0.15) is 0 Å². The Bertz CT molecular complexity index is 1090. The van der Waals surface area contributed by atoms with Gasteiger partial charge in [0.15, 0.2) is 0 Å². The maximum absolute atomic E-state index is 2.43. The van der Waals surface area contributed by atoms with E-state index in [1.807, 2.05) is 0 Å². The summed E-state index contributed by atoms with van der Waals surface area (Å²) in [7, 11) is 0. The normalized spacial score (nSPS) is 20.8. The average Bonchev–Trinajstić information content (AvgIpc) is 2.88. The quantitative estimate of drug-likeness (QED) is 0.496. The number of benzene rings is 2. The molecule has 2 aromatic carbocycles. The largest absolute Gasteiger partial charge is 0.314 e. The lowest BCUT2D eigenvalue weighted by molar-refractivity contribution is 0.901. The van der Waals surface area contributed by atoms with E-state index >= 15 is 0 Å². The molecule has 0 saturated carbocycles. The van der Waals surface area contributed by atoms with Crippen molar-refractivity contribution in [2.45, 2.75) is 33.6 Å². The number of hydrogen-bond acceptors (Lipinski definition) is 1. The molecule has 0 spiro atoms. The summed E-state index contributed by atoms with van der Waals surface area (Å²) in [5.41, 5.74) is 9.06. The molecule has 0 amide bonds. The van der Waals surface area contributed by atoms with Crippen molar-refractivity contribution in [3.8, 4) is 0 Å². The van der Waals surface area contributed by atoms with Gasteiger partial charge in [-0.25, -0.2) is 0 Å². The monoisotopic (exact) mass is 405 g/mol.